The van der Waals surface area contributed by atoms with Gasteiger partial charge in [-0.05, 0) is 49.4 Å². The molecule has 0 spiro atoms. The van der Waals surface area contributed by atoms with Crippen LogP contribution in [0, 0.1) is 5.92 Å². The quantitative estimate of drug-likeness (QED) is 0.771. The number of carbonyl (C=O) groups is 1. The third-order valence-electron chi connectivity index (χ3n) is 6.06. The van der Waals surface area contributed by atoms with Gasteiger partial charge < -0.3 is 10.2 Å². The van der Waals surface area contributed by atoms with E-state index in [0.29, 0.717) is 11.3 Å². The number of piperidine rings is 1. The Morgan fingerprint density at radius 3 is 2.30 bits per heavy atom. The van der Waals surface area contributed by atoms with Gasteiger partial charge in [0, 0.05) is 31.2 Å². The van der Waals surface area contributed by atoms with Crippen molar-refractivity contribution in [3.8, 4) is 0 Å². The molecule has 0 aromatic heterocycles. The molecule has 1 aliphatic heterocycles. The van der Waals surface area contributed by atoms with Gasteiger partial charge in [0.25, 0.3) is 0 Å². The summed E-state index contributed by atoms with van der Waals surface area (Å²) in [5, 5.41) is 3.21. The van der Waals surface area contributed by atoms with E-state index in [1.54, 1.807) is 19.1 Å². The van der Waals surface area contributed by atoms with Crippen LogP contribution in [0.3, 0.4) is 0 Å². The molecule has 0 radical (unpaired) electrons. The highest BCUT2D eigenvalue weighted by Crippen LogP contribution is 2.28. The molecule has 1 saturated heterocycles. The van der Waals surface area contributed by atoms with E-state index in [1.807, 2.05) is 12.1 Å². The Hall–Kier alpha value is -1.56. The van der Waals surface area contributed by atoms with Gasteiger partial charge in [0.05, 0.1) is 10.6 Å². The number of anilines is 1. The van der Waals surface area contributed by atoms with Crippen molar-refractivity contribution in [2.24, 2.45) is 5.92 Å². The molecule has 2 fully saturated rings. The van der Waals surface area contributed by atoms with Gasteiger partial charge in [-0.25, -0.2) is 8.42 Å². The molecule has 0 atom stereocenters. The number of carbonyl (C=O) groups excluding carboxylic acids is 1. The van der Waals surface area contributed by atoms with Crippen molar-refractivity contribution < 1.29 is 13.2 Å². The minimum absolute atomic E-state index is 0.123. The molecule has 150 valence electrons. The summed E-state index contributed by atoms with van der Waals surface area (Å²) in [4.78, 5) is 14.9. The van der Waals surface area contributed by atoms with Crippen LogP contribution in [0.25, 0.3) is 0 Å². The summed E-state index contributed by atoms with van der Waals surface area (Å²) in [5.74, 6) is 1.09. The lowest BCUT2D eigenvalue weighted by molar-refractivity contribution is -0.122. The maximum atomic E-state index is 12.2. The van der Waals surface area contributed by atoms with E-state index in [-0.39, 0.29) is 17.7 Å². The highest BCUT2D eigenvalue weighted by molar-refractivity contribution is 7.91. The molecule has 0 bridgehead atoms. The number of benzene rings is 1. The number of hydrogen-bond acceptors (Lipinski definition) is 4. The number of sulfone groups is 1. The lowest BCUT2D eigenvalue weighted by atomic mass is 10.0. The van der Waals surface area contributed by atoms with E-state index >= 15 is 0 Å². The molecule has 6 heteroatoms. The first-order chi connectivity index (χ1) is 13.0. The standard InChI is InChI=1S/C21H32N2O3S/c1-2-27(25,26)20-10-8-19(9-11-20)23-15-13-18(14-16-23)22-21(24)12-7-17-5-3-4-6-17/h8-11,17-18H,2-7,12-16H2,1H3,(H,22,24). The fourth-order valence-electron chi connectivity index (χ4n) is 4.25. The highest BCUT2D eigenvalue weighted by atomic mass is 32.2. The van der Waals surface area contributed by atoms with Crippen LogP contribution in [0.4, 0.5) is 5.69 Å². The minimum Gasteiger partial charge on any atom is -0.371 e. The lowest BCUT2D eigenvalue weighted by Crippen LogP contribution is -2.44. The summed E-state index contributed by atoms with van der Waals surface area (Å²) in [6, 6.07) is 7.44. The van der Waals surface area contributed by atoms with Crippen molar-refractivity contribution in [2.45, 2.75) is 69.2 Å². The van der Waals surface area contributed by atoms with Crippen molar-refractivity contribution >= 4 is 21.4 Å². The van der Waals surface area contributed by atoms with Crippen LogP contribution in [0.2, 0.25) is 0 Å². The van der Waals surface area contributed by atoms with E-state index in [2.05, 4.69) is 10.2 Å². The van der Waals surface area contributed by atoms with Gasteiger partial charge in [-0.15, -0.1) is 0 Å². The molecular weight excluding hydrogens is 360 g/mol. The van der Waals surface area contributed by atoms with Gasteiger partial charge in [0.1, 0.15) is 0 Å². The van der Waals surface area contributed by atoms with Crippen molar-refractivity contribution in [3.63, 3.8) is 0 Å². The Morgan fingerprint density at radius 1 is 1.07 bits per heavy atom. The number of amides is 1. The Kier molecular flexibility index (Phi) is 6.79. The van der Waals surface area contributed by atoms with Crippen molar-refractivity contribution in [1.82, 2.24) is 5.32 Å². The second-order valence-electron chi connectivity index (χ2n) is 7.92. The number of hydrogen-bond donors (Lipinski definition) is 1. The highest BCUT2D eigenvalue weighted by Gasteiger charge is 2.22. The smallest absolute Gasteiger partial charge is 0.220 e. The normalized spacial score (nSPS) is 19.4. The van der Waals surface area contributed by atoms with E-state index in [4.69, 9.17) is 0 Å². The molecule has 2 aliphatic rings. The van der Waals surface area contributed by atoms with E-state index in [1.165, 1.54) is 25.7 Å². The molecule has 5 nitrogen and oxygen atoms in total. The molecule has 1 aromatic carbocycles. The van der Waals surface area contributed by atoms with E-state index < -0.39 is 9.84 Å². The minimum atomic E-state index is -3.15. The molecule has 1 heterocycles. The van der Waals surface area contributed by atoms with Crippen molar-refractivity contribution in [3.05, 3.63) is 24.3 Å². The maximum Gasteiger partial charge on any atom is 0.220 e. The molecule has 1 N–H and O–H groups in total. The first-order valence-electron chi connectivity index (χ1n) is 10.3. The Bertz CT molecular complexity index is 716. The maximum absolute atomic E-state index is 12.2. The first kappa shape index (κ1) is 20.2. The molecule has 0 unspecified atom stereocenters. The topological polar surface area (TPSA) is 66.5 Å². The summed E-state index contributed by atoms with van der Waals surface area (Å²) in [6.45, 7) is 3.43. The molecule has 27 heavy (non-hydrogen) atoms. The number of rotatable bonds is 7. The van der Waals surface area contributed by atoms with Gasteiger partial charge in [0.2, 0.25) is 5.91 Å². The summed E-state index contributed by atoms with van der Waals surface area (Å²) in [7, 11) is -3.15. The predicted molar refractivity (Wildman–Crippen MR) is 109 cm³/mol. The van der Waals surface area contributed by atoms with Crippen LogP contribution in [0.15, 0.2) is 29.2 Å². The van der Waals surface area contributed by atoms with Gasteiger partial charge in [0.15, 0.2) is 9.84 Å². The average Bonchev–Trinajstić information content (AvgIpc) is 3.21. The Morgan fingerprint density at radius 2 is 1.70 bits per heavy atom. The van der Waals surface area contributed by atoms with Crippen LogP contribution in [0.5, 0.6) is 0 Å². The molecule has 1 saturated carbocycles. The van der Waals surface area contributed by atoms with Crippen LogP contribution >= 0.6 is 0 Å². The zero-order chi connectivity index (χ0) is 19.3. The fourth-order valence-corrected chi connectivity index (χ4v) is 5.13. The summed E-state index contributed by atoms with van der Waals surface area (Å²) < 4.78 is 23.8. The van der Waals surface area contributed by atoms with E-state index in [0.717, 1.165) is 44.0 Å². The zero-order valence-electron chi connectivity index (χ0n) is 16.3. The summed E-state index contributed by atoms with van der Waals surface area (Å²) in [5.41, 5.74) is 1.05. The molecule has 1 aromatic rings. The third kappa shape index (κ3) is 5.47. The van der Waals surface area contributed by atoms with Crippen molar-refractivity contribution in [1.29, 1.82) is 0 Å². The first-order valence-corrected chi connectivity index (χ1v) is 12.0. The van der Waals surface area contributed by atoms with Crippen LogP contribution in [0.1, 0.15) is 58.3 Å². The SMILES string of the molecule is CCS(=O)(=O)c1ccc(N2CCC(NC(=O)CCC3CCCC3)CC2)cc1. The third-order valence-corrected chi connectivity index (χ3v) is 7.81. The molecule has 3 rings (SSSR count). The second kappa shape index (κ2) is 9.09. The lowest BCUT2D eigenvalue weighted by Gasteiger charge is -2.34. The van der Waals surface area contributed by atoms with Crippen LogP contribution < -0.4 is 10.2 Å². The van der Waals surface area contributed by atoms with Gasteiger partial charge in [-0.2, -0.15) is 0 Å². The monoisotopic (exact) mass is 392 g/mol. The molecule has 1 amide bonds. The molecular formula is C21H32N2O3S. The van der Waals surface area contributed by atoms with Crippen LogP contribution in [-0.4, -0.2) is 39.2 Å². The Balaban J connectivity index is 1.43. The van der Waals surface area contributed by atoms with Gasteiger partial charge >= 0.3 is 0 Å². The summed E-state index contributed by atoms with van der Waals surface area (Å²) >= 11 is 0. The van der Waals surface area contributed by atoms with Crippen LogP contribution in [-0.2, 0) is 14.6 Å². The number of nitrogens with zero attached hydrogens (tertiary/aromatic N) is 1. The largest absolute Gasteiger partial charge is 0.371 e. The van der Waals surface area contributed by atoms with E-state index in [9.17, 15) is 13.2 Å². The molecule has 1 aliphatic carbocycles. The second-order valence-corrected chi connectivity index (χ2v) is 10.2. The van der Waals surface area contributed by atoms with Gasteiger partial charge in [-0.3, -0.25) is 4.79 Å². The Labute approximate surface area is 163 Å². The zero-order valence-corrected chi connectivity index (χ0v) is 17.1. The van der Waals surface area contributed by atoms with Gasteiger partial charge in [-0.1, -0.05) is 32.6 Å². The average molecular weight is 393 g/mol. The predicted octanol–water partition coefficient (Wildman–Crippen LogP) is 3.54. The fraction of sp³-hybridized carbons (Fsp3) is 0.667. The summed E-state index contributed by atoms with van der Waals surface area (Å²) in [6.07, 6.45) is 8.82. The van der Waals surface area contributed by atoms with Crippen molar-refractivity contribution in [2.75, 3.05) is 23.7 Å². The number of nitrogens with one attached hydrogen (secondary N) is 1.